The van der Waals surface area contributed by atoms with Crippen LogP contribution in [0.25, 0.3) is 0 Å². The first-order valence-electron chi connectivity index (χ1n) is 5.51. The van der Waals surface area contributed by atoms with E-state index in [-0.39, 0.29) is 11.8 Å². The highest BCUT2D eigenvalue weighted by molar-refractivity contribution is 5.40. The Balaban J connectivity index is 2.35. The fraction of sp³-hybridized carbons (Fsp3) is 0.600. The molecule has 0 saturated carbocycles. The number of unbranched alkanes of at least 4 members (excludes halogenated alkanes) is 1. The number of nitrogens with zero attached hydrogens (tertiary/aromatic N) is 3. The van der Waals surface area contributed by atoms with Crippen LogP contribution in [0.1, 0.15) is 12.8 Å². The van der Waals surface area contributed by atoms with Crippen molar-refractivity contribution in [1.82, 2.24) is 14.9 Å². The zero-order chi connectivity index (χ0) is 12.7. The molecule has 96 valence electrons. The molecule has 0 aromatic carbocycles. The van der Waals surface area contributed by atoms with Gasteiger partial charge in [0, 0.05) is 6.54 Å². The average molecular weight is 242 g/mol. The molecule has 0 amide bonds. The molecule has 0 unspecified atom stereocenters. The molecule has 0 bridgehead atoms. The highest BCUT2D eigenvalue weighted by Crippen LogP contribution is 2.11. The highest BCUT2D eigenvalue weighted by Gasteiger charge is 2.05. The van der Waals surface area contributed by atoms with Crippen LogP contribution in [0.2, 0.25) is 0 Å². The van der Waals surface area contributed by atoms with Gasteiger partial charge >= 0.3 is 0 Å². The van der Waals surface area contributed by atoms with Gasteiger partial charge in [-0.05, 0) is 33.5 Å². The molecule has 4 N–H and O–H groups in total. The Kier molecular flexibility index (Phi) is 5.58. The van der Waals surface area contributed by atoms with Gasteiger partial charge in [-0.3, -0.25) is 5.43 Å². The molecule has 7 heteroatoms. The molecule has 1 aromatic heterocycles. The molecule has 0 aliphatic carbocycles. The second kappa shape index (κ2) is 6.97. The Morgan fingerprint density at radius 2 is 2.18 bits per heavy atom. The number of hydrogen-bond donors (Lipinski definition) is 3. The second-order valence-corrected chi connectivity index (χ2v) is 3.97. The molecule has 0 aliphatic heterocycles. The number of hydrazine groups is 1. The van der Waals surface area contributed by atoms with Crippen LogP contribution in [0.5, 0.6) is 0 Å². The summed E-state index contributed by atoms with van der Waals surface area (Å²) in [6.07, 6.45) is 3.09. The molecule has 0 aliphatic rings. The molecule has 17 heavy (non-hydrogen) atoms. The van der Waals surface area contributed by atoms with Gasteiger partial charge < -0.3 is 10.2 Å². The van der Waals surface area contributed by atoms with Crippen LogP contribution in [0.3, 0.4) is 0 Å². The summed E-state index contributed by atoms with van der Waals surface area (Å²) in [5, 5.41) is 2.92. The largest absolute Gasteiger partial charge is 0.367 e. The van der Waals surface area contributed by atoms with Gasteiger partial charge in [-0.25, -0.2) is 15.2 Å². The molecule has 0 radical (unpaired) electrons. The third-order valence-corrected chi connectivity index (χ3v) is 2.20. The Hall–Kier alpha value is -1.47. The van der Waals surface area contributed by atoms with E-state index < -0.39 is 5.82 Å². The molecule has 0 spiro atoms. The number of aromatic nitrogens is 2. The molecule has 1 aromatic rings. The van der Waals surface area contributed by atoms with Gasteiger partial charge in [-0.15, -0.1) is 0 Å². The van der Waals surface area contributed by atoms with Crippen molar-refractivity contribution < 1.29 is 4.39 Å². The zero-order valence-corrected chi connectivity index (χ0v) is 10.2. The number of hydrogen-bond acceptors (Lipinski definition) is 6. The number of anilines is 2. The van der Waals surface area contributed by atoms with Gasteiger partial charge in [0.25, 0.3) is 0 Å². The van der Waals surface area contributed by atoms with Crippen molar-refractivity contribution in [1.29, 1.82) is 0 Å². The first kappa shape index (κ1) is 13.6. The number of halogens is 1. The predicted molar refractivity (Wildman–Crippen MR) is 66.1 cm³/mol. The minimum atomic E-state index is -0.475. The molecule has 6 nitrogen and oxygen atoms in total. The second-order valence-electron chi connectivity index (χ2n) is 3.97. The van der Waals surface area contributed by atoms with Crippen molar-refractivity contribution in [2.24, 2.45) is 5.84 Å². The van der Waals surface area contributed by atoms with E-state index in [0.717, 1.165) is 25.6 Å². The van der Waals surface area contributed by atoms with Crippen molar-refractivity contribution in [2.75, 3.05) is 37.9 Å². The van der Waals surface area contributed by atoms with Crippen LogP contribution in [0, 0.1) is 5.82 Å². The van der Waals surface area contributed by atoms with Crippen molar-refractivity contribution >= 4 is 11.8 Å². The summed E-state index contributed by atoms with van der Waals surface area (Å²) in [6.45, 7) is 1.69. The fourth-order valence-electron chi connectivity index (χ4n) is 1.32. The first-order valence-corrected chi connectivity index (χ1v) is 5.51. The molecule has 1 rings (SSSR count). The van der Waals surface area contributed by atoms with E-state index in [1.54, 1.807) is 0 Å². The Bertz CT molecular complexity index is 344. The predicted octanol–water partition coefficient (Wildman–Crippen LogP) is 0.655. The zero-order valence-electron chi connectivity index (χ0n) is 10.2. The van der Waals surface area contributed by atoms with E-state index in [0.29, 0.717) is 6.54 Å². The summed E-state index contributed by atoms with van der Waals surface area (Å²) < 4.78 is 13.3. The summed E-state index contributed by atoms with van der Waals surface area (Å²) in [5.41, 5.74) is 2.28. The monoisotopic (exact) mass is 242 g/mol. The Labute approximate surface area is 100 Å². The SMILES string of the molecule is CN(C)CCCCNc1nc(NN)ncc1F. The lowest BCUT2D eigenvalue weighted by atomic mass is 10.3. The normalized spacial score (nSPS) is 10.6. The van der Waals surface area contributed by atoms with Crippen LogP contribution in [0.15, 0.2) is 6.20 Å². The van der Waals surface area contributed by atoms with Gasteiger partial charge in [0.05, 0.1) is 6.20 Å². The number of nitrogen functional groups attached to an aromatic ring is 1. The van der Waals surface area contributed by atoms with E-state index in [9.17, 15) is 4.39 Å². The lowest BCUT2D eigenvalue weighted by Gasteiger charge is -2.10. The quantitative estimate of drug-likeness (QED) is 0.370. The number of nitrogens with one attached hydrogen (secondary N) is 2. The van der Waals surface area contributed by atoms with E-state index in [1.807, 2.05) is 14.1 Å². The highest BCUT2D eigenvalue weighted by atomic mass is 19.1. The Morgan fingerprint density at radius 3 is 2.82 bits per heavy atom. The van der Waals surface area contributed by atoms with Crippen LogP contribution in [0.4, 0.5) is 16.2 Å². The molecule has 0 fully saturated rings. The minimum absolute atomic E-state index is 0.179. The van der Waals surface area contributed by atoms with Gasteiger partial charge in [0.1, 0.15) is 0 Å². The first-order chi connectivity index (χ1) is 8.13. The average Bonchev–Trinajstić information content (AvgIpc) is 2.30. The lowest BCUT2D eigenvalue weighted by Crippen LogP contribution is -2.15. The summed E-state index contributed by atoms with van der Waals surface area (Å²) in [4.78, 5) is 9.65. The third-order valence-electron chi connectivity index (χ3n) is 2.20. The van der Waals surface area contributed by atoms with E-state index in [2.05, 4.69) is 25.6 Å². The van der Waals surface area contributed by atoms with Crippen LogP contribution < -0.4 is 16.6 Å². The molecule has 0 atom stereocenters. The maximum absolute atomic E-state index is 13.3. The standard InChI is InChI=1S/C10H19FN6/c1-17(2)6-4-3-5-13-9-8(11)7-14-10(15-9)16-12/h7H,3-6,12H2,1-2H3,(H2,13,14,15,16). The van der Waals surface area contributed by atoms with Gasteiger partial charge in [0.15, 0.2) is 11.6 Å². The van der Waals surface area contributed by atoms with Crippen LogP contribution >= 0.6 is 0 Å². The summed E-state index contributed by atoms with van der Waals surface area (Å²) >= 11 is 0. The van der Waals surface area contributed by atoms with Gasteiger partial charge in [-0.1, -0.05) is 0 Å². The van der Waals surface area contributed by atoms with Crippen molar-refractivity contribution in [3.8, 4) is 0 Å². The minimum Gasteiger partial charge on any atom is -0.367 e. The smallest absolute Gasteiger partial charge is 0.239 e. The summed E-state index contributed by atoms with van der Waals surface area (Å²) in [6, 6.07) is 0. The topological polar surface area (TPSA) is 79.1 Å². The molecular weight excluding hydrogens is 223 g/mol. The van der Waals surface area contributed by atoms with E-state index >= 15 is 0 Å². The summed E-state index contributed by atoms with van der Waals surface area (Å²) in [5.74, 6) is 5.05. The lowest BCUT2D eigenvalue weighted by molar-refractivity contribution is 0.396. The van der Waals surface area contributed by atoms with Crippen molar-refractivity contribution in [3.05, 3.63) is 12.0 Å². The number of nitrogens with two attached hydrogens (primary N) is 1. The van der Waals surface area contributed by atoms with Gasteiger partial charge in [0.2, 0.25) is 5.95 Å². The van der Waals surface area contributed by atoms with Crippen molar-refractivity contribution in [3.63, 3.8) is 0 Å². The molecule has 0 saturated heterocycles. The van der Waals surface area contributed by atoms with Gasteiger partial charge in [-0.2, -0.15) is 4.98 Å². The maximum atomic E-state index is 13.3. The maximum Gasteiger partial charge on any atom is 0.239 e. The van der Waals surface area contributed by atoms with E-state index in [1.165, 1.54) is 0 Å². The summed E-state index contributed by atoms with van der Waals surface area (Å²) in [7, 11) is 4.05. The molecular formula is C10H19FN6. The number of rotatable bonds is 7. The van der Waals surface area contributed by atoms with E-state index in [4.69, 9.17) is 5.84 Å². The van der Waals surface area contributed by atoms with Crippen LogP contribution in [-0.2, 0) is 0 Å². The molecule has 1 heterocycles. The van der Waals surface area contributed by atoms with Crippen molar-refractivity contribution in [2.45, 2.75) is 12.8 Å². The fourth-order valence-corrected chi connectivity index (χ4v) is 1.32. The third kappa shape index (κ3) is 4.92. The Morgan fingerprint density at radius 1 is 1.41 bits per heavy atom. The van der Waals surface area contributed by atoms with Crippen LogP contribution in [-0.4, -0.2) is 42.1 Å².